The number of nitrogens with one attached hydrogen (secondary N) is 1. The van der Waals surface area contributed by atoms with Gasteiger partial charge in [0.15, 0.2) is 0 Å². The van der Waals surface area contributed by atoms with Crippen molar-refractivity contribution in [2.75, 3.05) is 37.6 Å². The summed E-state index contributed by atoms with van der Waals surface area (Å²) >= 11 is 0. The summed E-state index contributed by atoms with van der Waals surface area (Å²) < 4.78 is 14.3. The van der Waals surface area contributed by atoms with Gasteiger partial charge in [-0.15, -0.1) is 12.4 Å². The van der Waals surface area contributed by atoms with Crippen LogP contribution in [0.1, 0.15) is 60.7 Å². The van der Waals surface area contributed by atoms with Crippen LogP contribution in [0.15, 0.2) is 36.4 Å². The number of nitrogens with zero attached hydrogens (tertiary/aromatic N) is 2. The first-order chi connectivity index (χ1) is 16.7. The van der Waals surface area contributed by atoms with Crippen LogP contribution < -0.4 is 10.2 Å². The average Bonchev–Trinajstić information content (AvgIpc) is 2.83. The lowest BCUT2D eigenvalue weighted by Gasteiger charge is -2.38. The van der Waals surface area contributed by atoms with Gasteiger partial charge >= 0.3 is 0 Å². The van der Waals surface area contributed by atoms with Gasteiger partial charge in [0, 0.05) is 30.3 Å². The number of halogens is 2. The molecule has 1 fully saturated rings. The molecule has 0 aliphatic carbocycles. The van der Waals surface area contributed by atoms with Gasteiger partial charge in [-0.05, 0) is 93.6 Å². The van der Waals surface area contributed by atoms with Crippen LogP contribution in [-0.2, 0) is 11.2 Å². The number of benzene rings is 2. The minimum absolute atomic E-state index is 0. The Hall–Kier alpha value is -2.44. The number of rotatable bonds is 10. The lowest BCUT2D eigenvalue weighted by Crippen LogP contribution is -2.46. The SMILES string of the molecule is CCN(CC)CCCNC(=O)c1cc(C)c(N2C[C@@H](Cc3ccccc3F)C[C@@H](C)C2=O)c(C)c1.Cl. The van der Waals surface area contributed by atoms with Crippen LogP contribution in [0, 0.1) is 31.5 Å². The summed E-state index contributed by atoms with van der Waals surface area (Å²) in [6.45, 7) is 14.3. The van der Waals surface area contributed by atoms with Crippen molar-refractivity contribution in [3.05, 3.63) is 64.5 Å². The van der Waals surface area contributed by atoms with E-state index in [0.29, 0.717) is 30.6 Å². The topological polar surface area (TPSA) is 52.7 Å². The smallest absolute Gasteiger partial charge is 0.251 e. The number of carbonyl (C=O) groups excluding carboxylic acids is 2. The molecular weight excluding hydrogens is 477 g/mol. The number of piperidine rings is 1. The van der Waals surface area contributed by atoms with E-state index in [4.69, 9.17) is 0 Å². The van der Waals surface area contributed by atoms with Crippen LogP contribution in [0.25, 0.3) is 0 Å². The molecule has 2 atom stereocenters. The largest absolute Gasteiger partial charge is 0.352 e. The van der Waals surface area contributed by atoms with Gasteiger partial charge in [0.25, 0.3) is 5.91 Å². The van der Waals surface area contributed by atoms with E-state index < -0.39 is 0 Å². The highest BCUT2D eigenvalue weighted by Crippen LogP contribution is 2.34. The average molecular weight is 518 g/mol. The Morgan fingerprint density at radius 3 is 2.39 bits per heavy atom. The highest BCUT2D eigenvalue weighted by atomic mass is 35.5. The van der Waals surface area contributed by atoms with Crippen LogP contribution in [0.4, 0.5) is 10.1 Å². The molecule has 0 saturated carbocycles. The molecule has 2 aromatic rings. The third-order valence-corrected chi connectivity index (χ3v) is 7.14. The third-order valence-electron chi connectivity index (χ3n) is 7.14. The number of amides is 2. The minimum Gasteiger partial charge on any atom is -0.352 e. The Bertz CT molecular complexity index is 1020. The fourth-order valence-electron chi connectivity index (χ4n) is 5.27. The monoisotopic (exact) mass is 517 g/mol. The van der Waals surface area contributed by atoms with Crippen molar-refractivity contribution < 1.29 is 14.0 Å². The van der Waals surface area contributed by atoms with Gasteiger partial charge in [-0.2, -0.15) is 0 Å². The standard InChI is InChI=1S/C29H40FN3O2.ClH/c1-6-32(7-2)14-10-13-31-28(34)25-16-20(3)27(21(4)17-25)33-19-23(15-22(5)29(33)35)18-24-11-8-9-12-26(24)30;/h8-9,11-12,16-17,22-23H,6-7,10,13-15,18-19H2,1-5H3,(H,31,34);1H/t22-,23-;/m1./s1. The second-order valence-corrected chi connectivity index (χ2v) is 9.84. The van der Waals surface area contributed by atoms with Crippen molar-refractivity contribution in [1.29, 1.82) is 0 Å². The third kappa shape index (κ3) is 7.30. The Morgan fingerprint density at radius 1 is 1.14 bits per heavy atom. The maximum Gasteiger partial charge on any atom is 0.251 e. The quantitative estimate of drug-likeness (QED) is 0.420. The van der Waals surface area contributed by atoms with E-state index in [-0.39, 0.29) is 41.9 Å². The Kier molecular flexibility index (Phi) is 11.4. The van der Waals surface area contributed by atoms with E-state index in [2.05, 4.69) is 24.1 Å². The van der Waals surface area contributed by atoms with Gasteiger partial charge in [0.2, 0.25) is 5.91 Å². The van der Waals surface area contributed by atoms with E-state index >= 15 is 0 Å². The van der Waals surface area contributed by atoms with Crippen LogP contribution in [0.3, 0.4) is 0 Å². The molecule has 36 heavy (non-hydrogen) atoms. The molecule has 2 amide bonds. The fraction of sp³-hybridized carbons (Fsp3) is 0.517. The molecule has 0 unspecified atom stereocenters. The van der Waals surface area contributed by atoms with Gasteiger partial charge in [0.1, 0.15) is 5.82 Å². The highest BCUT2D eigenvalue weighted by Gasteiger charge is 2.34. The van der Waals surface area contributed by atoms with Crippen LogP contribution in [0.2, 0.25) is 0 Å². The molecule has 0 radical (unpaired) electrons. The summed E-state index contributed by atoms with van der Waals surface area (Å²) in [6.07, 6.45) is 2.26. The fourth-order valence-corrected chi connectivity index (χ4v) is 5.27. The van der Waals surface area contributed by atoms with E-state index in [1.807, 2.05) is 49.9 Å². The second kappa shape index (κ2) is 13.8. The minimum atomic E-state index is -0.191. The second-order valence-electron chi connectivity index (χ2n) is 9.84. The molecule has 198 valence electrons. The van der Waals surface area contributed by atoms with E-state index in [1.54, 1.807) is 6.07 Å². The van der Waals surface area contributed by atoms with Crippen LogP contribution in [-0.4, -0.2) is 49.4 Å². The maximum absolute atomic E-state index is 14.3. The van der Waals surface area contributed by atoms with Crippen molar-refractivity contribution in [3.8, 4) is 0 Å². The first-order valence-electron chi connectivity index (χ1n) is 12.9. The maximum atomic E-state index is 14.3. The lowest BCUT2D eigenvalue weighted by atomic mass is 9.84. The van der Waals surface area contributed by atoms with E-state index in [0.717, 1.165) is 49.3 Å². The number of hydrogen-bond donors (Lipinski definition) is 1. The van der Waals surface area contributed by atoms with E-state index in [9.17, 15) is 14.0 Å². The zero-order chi connectivity index (χ0) is 25.5. The van der Waals surface area contributed by atoms with Gasteiger partial charge in [-0.3, -0.25) is 9.59 Å². The summed E-state index contributed by atoms with van der Waals surface area (Å²) in [7, 11) is 0. The molecular formula is C29H41ClFN3O2. The molecule has 5 nitrogen and oxygen atoms in total. The van der Waals surface area contributed by atoms with Crippen molar-refractivity contribution >= 4 is 29.9 Å². The highest BCUT2D eigenvalue weighted by molar-refractivity contribution is 5.99. The van der Waals surface area contributed by atoms with Crippen molar-refractivity contribution in [2.45, 2.75) is 53.9 Å². The van der Waals surface area contributed by atoms with Crippen LogP contribution in [0.5, 0.6) is 0 Å². The molecule has 1 N–H and O–H groups in total. The zero-order valence-corrected chi connectivity index (χ0v) is 23.1. The van der Waals surface area contributed by atoms with Crippen molar-refractivity contribution in [3.63, 3.8) is 0 Å². The molecule has 7 heteroatoms. The summed E-state index contributed by atoms with van der Waals surface area (Å²) in [5, 5.41) is 3.03. The van der Waals surface area contributed by atoms with Gasteiger partial charge < -0.3 is 15.1 Å². The molecule has 1 heterocycles. The summed E-state index contributed by atoms with van der Waals surface area (Å²) in [4.78, 5) is 30.1. The molecule has 0 bridgehead atoms. The molecule has 1 aliphatic heterocycles. The Labute approximate surface area is 221 Å². The van der Waals surface area contributed by atoms with Gasteiger partial charge in [-0.1, -0.05) is 39.0 Å². The van der Waals surface area contributed by atoms with Crippen molar-refractivity contribution in [1.82, 2.24) is 10.2 Å². The molecule has 0 spiro atoms. The normalized spacial score (nSPS) is 17.8. The summed E-state index contributed by atoms with van der Waals surface area (Å²) in [5.74, 6) is -0.142. The lowest BCUT2D eigenvalue weighted by molar-refractivity contribution is -0.124. The first kappa shape index (κ1) is 29.8. The molecule has 1 saturated heterocycles. The molecule has 2 aromatic carbocycles. The van der Waals surface area contributed by atoms with Gasteiger partial charge in [-0.25, -0.2) is 4.39 Å². The predicted octanol–water partition coefficient (Wildman–Crippen LogP) is 5.56. The number of carbonyl (C=O) groups is 2. The molecule has 0 aromatic heterocycles. The first-order valence-corrected chi connectivity index (χ1v) is 12.9. The number of hydrogen-bond acceptors (Lipinski definition) is 3. The van der Waals surface area contributed by atoms with E-state index in [1.165, 1.54) is 6.07 Å². The Morgan fingerprint density at radius 2 is 1.78 bits per heavy atom. The molecule has 3 rings (SSSR count). The zero-order valence-electron chi connectivity index (χ0n) is 22.3. The van der Waals surface area contributed by atoms with Gasteiger partial charge in [0.05, 0.1) is 0 Å². The summed E-state index contributed by atoms with van der Waals surface area (Å²) in [6, 6.07) is 10.6. The Balaban J connectivity index is 0.00000456. The number of aryl methyl sites for hydroxylation is 2. The van der Waals surface area contributed by atoms with Crippen LogP contribution >= 0.6 is 12.4 Å². The summed E-state index contributed by atoms with van der Waals surface area (Å²) in [5.41, 5.74) is 4.00. The predicted molar refractivity (Wildman–Crippen MR) is 148 cm³/mol. The van der Waals surface area contributed by atoms with Crippen molar-refractivity contribution in [2.24, 2.45) is 11.8 Å². The number of anilines is 1. The molecule has 1 aliphatic rings.